The number of hydrogen-bond acceptors (Lipinski definition) is 4. The standard InChI is InChI=1S/C23H33FN4/c1-18-15-23(21-16-20(24)5-6-22(21)26-18)28-12-7-19(8-13-28)17-25-9-14-27-10-3-2-4-11-27/h5-6,15-16,19,25H,2-4,7-14,17H2,1H3. The highest BCUT2D eigenvalue weighted by Crippen LogP contribution is 2.30. The van der Waals surface area contributed by atoms with Crippen LogP contribution < -0.4 is 10.2 Å². The summed E-state index contributed by atoms with van der Waals surface area (Å²) in [6.07, 6.45) is 6.52. The fourth-order valence-electron chi connectivity index (χ4n) is 4.67. The maximum absolute atomic E-state index is 13.8. The van der Waals surface area contributed by atoms with Crippen molar-refractivity contribution in [2.45, 2.75) is 39.0 Å². The average molecular weight is 385 g/mol. The average Bonchev–Trinajstić information content (AvgIpc) is 2.72. The van der Waals surface area contributed by atoms with E-state index in [0.717, 1.165) is 54.4 Å². The highest BCUT2D eigenvalue weighted by molar-refractivity contribution is 5.92. The Morgan fingerprint density at radius 1 is 1.07 bits per heavy atom. The second-order valence-electron chi connectivity index (χ2n) is 8.48. The van der Waals surface area contributed by atoms with Crippen LogP contribution in [0.25, 0.3) is 10.9 Å². The molecule has 1 aromatic carbocycles. The highest BCUT2D eigenvalue weighted by Gasteiger charge is 2.21. The van der Waals surface area contributed by atoms with Gasteiger partial charge < -0.3 is 15.1 Å². The Balaban J connectivity index is 1.28. The molecule has 1 N–H and O–H groups in total. The molecule has 4 nitrogen and oxygen atoms in total. The highest BCUT2D eigenvalue weighted by atomic mass is 19.1. The maximum Gasteiger partial charge on any atom is 0.124 e. The monoisotopic (exact) mass is 384 g/mol. The topological polar surface area (TPSA) is 31.4 Å². The van der Waals surface area contributed by atoms with Gasteiger partial charge in [0.2, 0.25) is 0 Å². The summed E-state index contributed by atoms with van der Waals surface area (Å²) in [6, 6.07) is 7.03. The Kier molecular flexibility index (Phi) is 6.43. The summed E-state index contributed by atoms with van der Waals surface area (Å²) in [5.41, 5.74) is 3.02. The number of fused-ring (bicyclic) bond motifs is 1. The van der Waals surface area contributed by atoms with E-state index in [1.807, 2.05) is 6.92 Å². The number of piperidine rings is 2. The van der Waals surface area contributed by atoms with E-state index in [1.165, 1.54) is 57.8 Å². The van der Waals surface area contributed by atoms with Crippen molar-refractivity contribution in [3.05, 3.63) is 35.8 Å². The van der Waals surface area contributed by atoms with Crippen molar-refractivity contribution >= 4 is 16.6 Å². The van der Waals surface area contributed by atoms with Gasteiger partial charge in [0.05, 0.1) is 5.52 Å². The molecule has 5 heteroatoms. The molecule has 1 aromatic heterocycles. The van der Waals surface area contributed by atoms with Gasteiger partial charge in [-0.25, -0.2) is 4.39 Å². The summed E-state index contributed by atoms with van der Waals surface area (Å²) in [4.78, 5) is 9.58. The van der Waals surface area contributed by atoms with Gasteiger partial charge in [-0.3, -0.25) is 4.98 Å². The second-order valence-corrected chi connectivity index (χ2v) is 8.48. The number of rotatable bonds is 6. The largest absolute Gasteiger partial charge is 0.371 e. The molecule has 2 saturated heterocycles. The zero-order valence-corrected chi connectivity index (χ0v) is 17.1. The molecule has 152 valence electrons. The molecule has 0 amide bonds. The fourth-order valence-corrected chi connectivity index (χ4v) is 4.67. The van der Waals surface area contributed by atoms with Crippen LogP contribution in [0.2, 0.25) is 0 Å². The second kappa shape index (κ2) is 9.19. The van der Waals surface area contributed by atoms with Crippen molar-refractivity contribution in [3.63, 3.8) is 0 Å². The van der Waals surface area contributed by atoms with Crippen LogP contribution in [0.4, 0.5) is 10.1 Å². The Bertz CT molecular complexity index is 780. The van der Waals surface area contributed by atoms with Crippen molar-refractivity contribution in [3.8, 4) is 0 Å². The molecule has 2 aliphatic heterocycles. The number of likely N-dealkylation sites (tertiary alicyclic amines) is 1. The van der Waals surface area contributed by atoms with Crippen LogP contribution in [0.15, 0.2) is 24.3 Å². The summed E-state index contributed by atoms with van der Waals surface area (Å²) in [5.74, 6) is 0.552. The molecule has 4 rings (SSSR count). The molecule has 0 saturated carbocycles. The number of halogens is 1. The summed E-state index contributed by atoms with van der Waals surface area (Å²) in [7, 11) is 0. The minimum atomic E-state index is -0.188. The quantitative estimate of drug-likeness (QED) is 0.764. The van der Waals surface area contributed by atoms with Gasteiger partial charge in [-0.2, -0.15) is 0 Å². The molecule has 2 aliphatic rings. The summed E-state index contributed by atoms with van der Waals surface area (Å²) < 4.78 is 13.8. The lowest BCUT2D eigenvalue weighted by Gasteiger charge is -2.34. The van der Waals surface area contributed by atoms with Gasteiger partial charge in [0.25, 0.3) is 0 Å². The van der Waals surface area contributed by atoms with Crippen molar-refractivity contribution in [1.29, 1.82) is 0 Å². The van der Waals surface area contributed by atoms with E-state index in [0.29, 0.717) is 0 Å². The van der Waals surface area contributed by atoms with E-state index < -0.39 is 0 Å². The first-order valence-electron chi connectivity index (χ1n) is 10.9. The molecule has 0 bridgehead atoms. The summed E-state index contributed by atoms with van der Waals surface area (Å²) in [6.45, 7) is 10.1. The number of hydrogen-bond donors (Lipinski definition) is 1. The molecule has 3 heterocycles. The zero-order chi connectivity index (χ0) is 19.3. The third-order valence-corrected chi connectivity index (χ3v) is 6.32. The van der Waals surface area contributed by atoms with Crippen LogP contribution in [0.5, 0.6) is 0 Å². The molecule has 0 atom stereocenters. The SMILES string of the molecule is Cc1cc(N2CCC(CNCCN3CCCCC3)CC2)c2cc(F)ccc2n1. The van der Waals surface area contributed by atoms with Crippen LogP contribution in [0.3, 0.4) is 0 Å². The minimum Gasteiger partial charge on any atom is -0.371 e. The van der Waals surface area contributed by atoms with E-state index in [4.69, 9.17) is 0 Å². The van der Waals surface area contributed by atoms with E-state index in [1.54, 1.807) is 12.1 Å². The van der Waals surface area contributed by atoms with Gasteiger partial charge in [0.1, 0.15) is 5.82 Å². The van der Waals surface area contributed by atoms with Crippen LogP contribution in [-0.2, 0) is 0 Å². The lowest BCUT2D eigenvalue weighted by atomic mass is 9.96. The number of benzene rings is 1. The number of aromatic nitrogens is 1. The number of anilines is 1. The fraction of sp³-hybridized carbons (Fsp3) is 0.609. The Morgan fingerprint density at radius 3 is 2.64 bits per heavy atom. The lowest BCUT2D eigenvalue weighted by Crippen LogP contribution is -2.40. The number of aryl methyl sites for hydroxylation is 1. The molecule has 0 spiro atoms. The molecule has 28 heavy (non-hydrogen) atoms. The van der Waals surface area contributed by atoms with Gasteiger partial charge in [-0.05, 0) is 82.4 Å². The maximum atomic E-state index is 13.8. The van der Waals surface area contributed by atoms with E-state index in [-0.39, 0.29) is 5.82 Å². The predicted molar refractivity (Wildman–Crippen MR) is 115 cm³/mol. The summed E-state index contributed by atoms with van der Waals surface area (Å²) in [5, 5.41) is 4.62. The third-order valence-electron chi connectivity index (χ3n) is 6.32. The van der Waals surface area contributed by atoms with Gasteiger partial charge in [0, 0.05) is 42.9 Å². The normalized spacial score (nSPS) is 19.4. The molecule has 0 aliphatic carbocycles. The molecule has 0 radical (unpaired) electrons. The van der Waals surface area contributed by atoms with E-state index >= 15 is 0 Å². The first-order valence-corrected chi connectivity index (χ1v) is 10.9. The van der Waals surface area contributed by atoms with E-state index in [9.17, 15) is 4.39 Å². The smallest absolute Gasteiger partial charge is 0.124 e. The van der Waals surface area contributed by atoms with Gasteiger partial charge in [-0.15, -0.1) is 0 Å². The number of pyridine rings is 1. The van der Waals surface area contributed by atoms with Crippen molar-refractivity contribution < 1.29 is 4.39 Å². The number of nitrogens with one attached hydrogen (secondary N) is 1. The van der Waals surface area contributed by atoms with Crippen LogP contribution in [-0.4, -0.2) is 55.7 Å². The molecular weight excluding hydrogens is 351 g/mol. The van der Waals surface area contributed by atoms with Crippen LogP contribution in [0, 0.1) is 18.7 Å². The first kappa shape index (κ1) is 19.6. The Labute approximate surface area is 168 Å². The van der Waals surface area contributed by atoms with Gasteiger partial charge in [0.15, 0.2) is 0 Å². The van der Waals surface area contributed by atoms with Crippen molar-refractivity contribution in [2.75, 3.05) is 50.7 Å². The minimum absolute atomic E-state index is 0.188. The van der Waals surface area contributed by atoms with Crippen LogP contribution in [0.1, 0.15) is 37.8 Å². The first-order chi connectivity index (χ1) is 13.7. The molecule has 0 unspecified atom stereocenters. The Morgan fingerprint density at radius 2 is 1.86 bits per heavy atom. The third kappa shape index (κ3) is 4.81. The lowest BCUT2D eigenvalue weighted by molar-refractivity contribution is 0.226. The predicted octanol–water partition coefficient (Wildman–Crippen LogP) is 3.97. The zero-order valence-electron chi connectivity index (χ0n) is 17.1. The molecular formula is C23H33FN4. The molecule has 2 aromatic rings. The summed E-state index contributed by atoms with van der Waals surface area (Å²) >= 11 is 0. The number of nitrogens with zero attached hydrogens (tertiary/aromatic N) is 3. The van der Waals surface area contributed by atoms with Crippen molar-refractivity contribution in [2.24, 2.45) is 5.92 Å². The van der Waals surface area contributed by atoms with Gasteiger partial charge >= 0.3 is 0 Å². The van der Waals surface area contributed by atoms with Gasteiger partial charge in [-0.1, -0.05) is 6.42 Å². The Hall–Kier alpha value is -1.72. The van der Waals surface area contributed by atoms with Crippen molar-refractivity contribution in [1.82, 2.24) is 15.2 Å². The van der Waals surface area contributed by atoms with E-state index in [2.05, 4.69) is 26.2 Å². The van der Waals surface area contributed by atoms with Crippen LogP contribution >= 0.6 is 0 Å². The molecule has 2 fully saturated rings.